The quantitative estimate of drug-likeness (QED) is 0.130. The maximum atomic E-state index is 12.7. The predicted octanol–water partition coefficient (Wildman–Crippen LogP) is 7.00. The second kappa shape index (κ2) is 16.4. The fraction of sp³-hybridized carbons (Fsp3) is 0.415. The molecule has 10 nitrogen and oxygen atoms in total. The molecule has 4 aromatic rings. The molecule has 0 saturated heterocycles. The van der Waals surface area contributed by atoms with Gasteiger partial charge in [-0.3, -0.25) is 19.1 Å². The van der Waals surface area contributed by atoms with Gasteiger partial charge in [0.1, 0.15) is 0 Å². The van der Waals surface area contributed by atoms with E-state index in [4.69, 9.17) is 0 Å². The molecule has 0 spiro atoms. The van der Waals surface area contributed by atoms with E-state index < -0.39 is 0 Å². The van der Waals surface area contributed by atoms with Gasteiger partial charge in [0, 0.05) is 72.8 Å². The first-order valence-electron chi connectivity index (χ1n) is 18.5. The molecule has 6 rings (SSSR count). The molecular weight excluding hydrogens is 638 g/mol. The van der Waals surface area contributed by atoms with Crippen LogP contribution in [-0.4, -0.2) is 52.7 Å². The predicted molar refractivity (Wildman–Crippen MR) is 204 cm³/mol. The Balaban J connectivity index is 0.942. The van der Waals surface area contributed by atoms with E-state index in [2.05, 4.69) is 71.3 Å². The van der Waals surface area contributed by atoms with Crippen LogP contribution in [0, 0.1) is 0 Å². The summed E-state index contributed by atoms with van der Waals surface area (Å²) in [6, 6.07) is 25.2. The molecule has 268 valence electrons. The Bertz CT molecular complexity index is 1820. The molecular formula is C41H51N7O3. The molecule has 0 radical (unpaired) electrons. The second-order valence-electron chi connectivity index (χ2n) is 13.7. The van der Waals surface area contributed by atoms with E-state index in [0.717, 1.165) is 65.1 Å². The number of hydrogen-bond acceptors (Lipinski definition) is 6. The number of nitrogens with zero attached hydrogens (tertiary/aromatic N) is 4. The molecule has 2 aliphatic heterocycles. The first-order valence-corrected chi connectivity index (χ1v) is 18.5. The largest absolute Gasteiger partial charge is 0.378 e. The van der Waals surface area contributed by atoms with Crippen LogP contribution in [0.4, 0.5) is 17.1 Å². The van der Waals surface area contributed by atoms with Crippen molar-refractivity contribution < 1.29 is 14.4 Å². The van der Waals surface area contributed by atoms with E-state index in [1.807, 2.05) is 77.1 Å². The zero-order valence-corrected chi connectivity index (χ0v) is 30.3. The number of rotatable bonds is 13. The topological polar surface area (TPSA) is 112 Å². The summed E-state index contributed by atoms with van der Waals surface area (Å²) in [6.07, 6.45) is 7.70. The summed E-state index contributed by atoms with van der Waals surface area (Å²) in [5.74, 6) is 0.334. The smallest absolute Gasteiger partial charge is 0.226 e. The number of carbonyl (C=O) groups excluding carboxylic acids is 3. The fourth-order valence-corrected chi connectivity index (χ4v) is 7.57. The zero-order valence-electron chi connectivity index (χ0n) is 30.3. The van der Waals surface area contributed by atoms with Crippen molar-refractivity contribution in [3.63, 3.8) is 0 Å². The first kappa shape index (κ1) is 35.9. The van der Waals surface area contributed by atoms with Crippen LogP contribution < -0.4 is 25.8 Å². The van der Waals surface area contributed by atoms with Crippen molar-refractivity contribution in [3.8, 4) is 11.1 Å². The Morgan fingerprint density at radius 2 is 1.33 bits per heavy atom. The maximum Gasteiger partial charge on any atom is 0.226 e. The van der Waals surface area contributed by atoms with Crippen LogP contribution in [0.3, 0.4) is 0 Å². The summed E-state index contributed by atoms with van der Waals surface area (Å²) in [6.45, 7) is 9.86. The lowest BCUT2D eigenvalue weighted by molar-refractivity contribution is -0.121. The third kappa shape index (κ3) is 8.17. The monoisotopic (exact) mass is 689 g/mol. The normalized spacial score (nSPS) is 19.6. The van der Waals surface area contributed by atoms with Gasteiger partial charge in [-0.2, -0.15) is 5.10 Å². The minimum atomic E-state index is 0.0315. The summed E-state index contributed by atoms with van der Waals surface area (Å²) < 4.78 is 1.86. The standard InChI is InChI=1S/C41H51N7O3/c1-5-40(50)47-28(3)24-35(33-12-7-9-14-37(33)47)42-21-11-16-39(49)43-22-23-46-27-31(26-44-46)30-17-19-32(20-18-30)45-36-25-29(4)48(41(51)6-2)38-15-10-8-13-34(36)38/h7-10,12-15,17-20,26-29,35-36,42,45H,5-6,11,16,21-25H2,1-4H3,(H,43,49)/t28-,29-,35+,36+/m0/s1. The van der Waals surface area contributed by atoms with E-state index in [-0.39, 0.29) is 41.9 Å². The molecule has 3 N–H and O–H groups in total. The molecule has 0 aliphatic carbocycles. The highest BCUT2D eigenvalue weighted by Crippen LogP contribution is 2.40. The molecule has 0 bridgehead atoms. The summed E-state index contributed by atoms with van der Waals surface area (Å²) >= 11 is 0. The number of anilines is 3. The Kier molecular flexibility index (Phi) is 11.5. The van der Waals surface area contributed by atoms with Gasteiger partial charge in [-0.05, 0) is 80.6 Å². The number of amides is 3. The molecule has 3 heterocycles. The Morgan fingerprint density at radius 1 is 0.745 bits per heavy atom. The van der Waals surface area contributed by atoms with Crippen molar-refractivity contribution >= 4 is 34.8 Å². The fourth-order valence-electron chi connectivity index (χ4n) is 7.57. The van der Waals surface area contributed by atoms with Crippen LogP contribution in [0.1, 0.15) is 89.4 Å². The molecule has 0 saturated carbocycles. The summed E-state index contributed by atoms with van der Waals surface area (Å²) in [5, 5.41) is 14.9. The number of carbonyl (C=O) groups is 3. The SMILES string of the molecule is CCC(=O)N1c2ccccc2[C@H](NCCCC(=O)NCCn2cc(-c3ccc(N[C@@H]4C[C@H](C)N(C(=O)CC)c5ccccc54)cc3)cn2)C[C@@H]1C. The molecule has 3 amide bonds. The minimum absolute atomic E-state index is 0.0315. The zero-order chi connectivity index (χ0) is 35.9. The van der Waals surface area contributed by atoms with Crippen LogP contribution in [0.25, 0.3) is 11.1 Å². The highest BCUT2D eigenvalue weighted by Gasteiger charge is 2.34. The average molecular weight is 690 g/mol. The van der Waals surface area contributed by atoms with Crippen molar-refractivity contribution in [1.29, 1.82) is 0 Å². The third-order valence-corrected chi connectivity index (χ3v) is 10.1. The van der Waals surface area contributed by atoms with Crippen molar-refractivity contribution in [3.05, 3.63) is 96.3 Å². The van der Waals surface area contributed by atoms with Gasteiger partial charge in [-0.1, -0.05) is 62.4 Å². The highest BCUT2D eigenvalue weighted by molar-refractivity contribution is 5.96. The van der Waals surface area contributed by atoms with Gasteiger partial charge >= 0.3 is 0 Å². The van der Waals surface area contributed by atoms with E-state index >= 15 is 0 Å². The highest BCUT2D eigenvalue weighted by atomic mass is 16.2. The Hall–Kier alpha value is -4.96. The van der Waals surface area contributed by atoms with Crippen LogP contribution in [-0.2, 0) is 20.9 Å². The molecule has 10 heteroatoms. The maximum absolute atomic E-state index is 12.7. The van der Waals surface area contributed by atoms with Gasteiger partial charge in [0.05, 0.1) is 18.8 Å². The minimum Gasteiger partial charge on any atom is -0.378 e. The van der Waals surface area contributed by atoms with Crippen LogP contribution in [0.15, 0.2) is 85.2 Å². The Labute approximate surface area is 301 Å². The van der Waals surface area contributed by atoms with Crippen molar-refractivity contribution in [1.82, 2.24) is 20.4 Å². The number of nitrogens with one attached hydrogen (secondary N) is 3. The van der Waals surface area contributed by atoms with Crippen molar-refractivity contribution in [2.75, 3.05) is 28.2 Å². The summed E-state index contributed by atoms with van der Waals surface area (Å²) in [7, 11) is 0. The van der Waals surface area contributed by atoms with Crippen LogP contribution >= 0.6 is 0 Å². The molecule has 1 aromatic heterocycles. The average Bonchev–Trinajstić information content (AvgIpc) is 3.62. The van der Waals surface area contributed by atoms with Gasteiger partial charge in [0.15, 0.2) is 0 Å². The molecule has 3 aromatic carbocycles. The second-order valence-corrected chi connectivity index (χ2v) is 13.7. The number of benzene rings is 3. The van der Waals surface area contributed by atoms with Crippen molar-refractivity contribution in [2.45, 2.75) is 96.9 Å². The van der Waals surface area contributed by atoms with Gasteiger partial charge in [-0.15, -0.1) is 0 Å². The lowest BCUT2D eigenvalue weighted by Gasteiger charge is -2.40. The van der Waals surface area contributed by atoms with Crippen LogP contribution in [0.5, 0.6) is 0 Å². The lowest BCUT2D eigenvalue weighted by atomic mass is 9.91. The van der Waals surface area contributed by atoms with Gasteiger partial charge < -0.3 is 25.8 Å². The molecule has 0 unspecified atom stereocenters. The van der Waals surface area contributed by atoms with Gasteiger partial charge in [0.2, 0.25) is 17.7 Å². The number of hydrogen-bond donors (Lipinski definition) is 3. The van der Waals surface area contributed by atoms with E-state index in [9.17, 15) is 14.4 Å². The molecule has 0 fully saturated rings. The number of para-hydroxylation sites is 2. The lowest BCUT2D eigenvalue weighted by Crippen LogP contribution is -2.45. The molecule has 4 atom stereocenters. The first-order chi connectivity index (χ1) is 24.8. The van der Waals surface area contributed by atoms with Gasteiger partial charge in [-0.25, -0.2) is 0 Å². The van der Waals surface area contributed by atoms with Crippen molar-refractivity contribution in [2.24, 2.45) is 0 Å². The molecule has 51 heavy (non-hydrogen) atoms. The molecule has 2 aliphatic rings. The van der Waals surface area contributed by atoms with E-state index in [1.165, 1.54) is 0 Å². The van der Waals surface area contributed by atoms with Gasteiger partial charge in [0.25, 0.3) is 0 Å². The summed E-state index contributed by atoms with van der Waals surface area (Å²) in [5.41, 5.74) is 7.39. The van der Waals surface area contributed by atoms with Crippen LogP contribution in [0.2, 0.25) is 0 Å². The number of fused-ring (bicyclic) bond motifs is 2. The third-order valence-electron chi connectivity index (χ3n) is 10.1. The Morgan fingerprint density at radius 3 is 1.96 bits per heavy atom. The summed E-state index contributed by atoms with van der Waals surface area (Å²) in [4.78, 5) is 41.8. The van der Waals surface area contributed by atoms with E-state index in [0.29, 0.717) is 32.4 Å². The van der Waals surface area contributed by atoms with E-state index in [1.54, 1.807) is 0 Å². The number of aromatic nitrogens is 2.